The third kappa shape index (κ3) is 2.24. The van der Waals surface area contributed by atoms with E-state index in [2.05, 4.69) is 4.98 Å². The summed E-state index contributed by atoms with van der Waals surface area (Å²) < 4.78 is 15.5. The van der Waals surface area contributed by atoms with Crippen LogP contribution in [0.1, 0.15) is 23.2 Å². The van der Waals surface area contributed by atoms with Gasteiger partial charge in [-0.1, -0.05) is 0 Å². The zero-order valence-electron chi connectivity index (χ0n) is 10.4. The van der Waals surface area contributed by atoms with Gasteiger partial charge in [0.05, 0.1) is 19.4 Å². The molecule has 0 spiro atoms. The third-order valence-corrected chi connectivity index (χ3v) is 3.18. The molecule has 0 amide bonds. The second-order valence-corrected chi connectivity index (χ2v) is 4.39. The van der Waals surface area contributed by atoms with Crippen molar-refractivity contribution < 1.29 is 18.7 Å². The lowest BCUT2D eigenvalue weighted by atomic mass is 10.4. The summed E-state index contributed by atoms with van der Waals surface area (Å²) in [6.45, 7) is 3.75. The topological polar surface area (TPSA) is 61.6 Å². The van der Waals surface area contributed by atoms with E-state index in [1.54, 1.807) is 21.0 Å². The number of oxazole rings is 1. The van der Waals surface area contributed by atoms with Crippen molar-refractivity contribution in [1.82, 2.24) is 4.98 Å². The Hall–Kier alpha value is -1.82. The molecule has 0 aliphatic carbocycles. The van der Waals surface area contributed by atoms with Crippen molar-refractivity contribution in [2.45, 2.75) is 13.8 Å². The fourth-order valence-electron chi connectivity index (χ4n) is 1.49. The zero-order chi connectivity index (χ0) is 13.1. The van der Waals surface area contributed by atoms with Crippen molar-refractivity contribution in [3.05, 3.63) is 22.9 Å². The van der Waals surface area contributed by atoms with E-state index >= 15 is 0 Å². The first-order valence-electron chi connectivity index (χ1n) is 5.43. The van der Waals surface area contributed by atoms with Crippen LogP contribution in [0, 0.1) is 6.92 Å². The van der Waals surface area contributed by atoms with Gasteiger partial charge in [0.15, 0.2) is 0 Å². The third-order valence-electron chi connectivity index (χ3n) is 2.30. The first kappa shape index (κ1) is 12.6. The van der Waals surface area contributed by atoms with Gasteiger partial charge in [0.25, 0.3) is 0 Å². The molecule has 6 heteroatoms. The number of hydrogen-bond acceptors (Lipinski definition) is 6. The smallest absolute Gasteiger partial charge is 0.376 e. The number of thiophene rings is 1. The molecule has 0 aromatic carbocycles. The molecule has 0 bridgehead atoms. The molecule has 0 saturated carbocycles. The zero-order valence-corrected chi connectivity index (χ0v) is 11.2. The maximum absolute atomic E-state index is 11.6. The second kappa shape index (κ2) is 5.22. The molecule has 0 radical (unpaired) electrons. The summed E-state index contributed by atoms with van der Waals surface area (Å²) in [7, 11) is 1.58. The molecule has 2 rings (SSSR count). The number of aromatic nitrogens is 1. The van der Waals surface area contributed by atoms with Crippen LogP contribution < -0.4 is 4.74 Å². The number of methoxy groups -OCH3 is 1. The fourth-order valence-corrected chi connectivity index (χ4v) is 2.28. The van der Waals surface area contributed by atoms with Crippen LogP contribution in [0.15, 0.2) is 15.9 Å². The molecule has 0 saturated heterocycles. The van der Waals surface area contributed by atoms with Gasteiger partial charge in [-0.25, -0.2) is 9.78 Å². The molecule has 0 aliphatic rings. The molecule has 0 fully saturated rings. The Kier molecular flexibility index (Phi) is 3.66. The summed E-state index contributed by atoms with van der Waals surface area (Å²) >= 11 is 1.44. The van der Waals surface area contributed by atoms with Crippen LogP contribution in [0.3, 0.4) is 0 Å². The van der Waals surface area contributed by atoms with Crippen LogP contribution in [-0.4, -0.2) is 24.7 Å². The first-order chi connectivity index (χ1) is 8.67. The molecule has 0 unspecified atom stereocenters. The summed E-state index contributed by atoms with van der Waals surface area (Å²) in [4.78, 5) is 16.6. The summed E-state index contributed by atoms with van der Waals surface area (Å²) in [5, 5.41) is 1.87. The fraction of sp³-hybridized carbons (Fsp3) is 0.333. The number of carbonyl (C=O) groups is 1. The van der Waals surface area contributed by atoms with Gasteiger partial charge in [-0.15, -0.1) is 11.3 Å². The highest BCUT2D eigenvalue weighted by molar-refractivity contribution is 7.13. The molecule has 2 aromatic heterocycles. The number of esters is 1. The molecule has 0 atom stereocenters. The summed E-state index contributed by atoms with van der Waals surface area (Å²) in [6.07, 6.45) is 0. The number of hydrogen-bond donors (Lipinski definition) is 0. The first-order valence-corrected chi connectivity index (χ1v) is 6.31. The van der Waals surface area contributed by atoms with E-state index in [4.69, 9.17) is 13.9 Å². The van der Waals surface area contributed by atoms with Crippen molar-refractivity contribution in [3.63, 3.8) is 0 Å². The lowest BCUT2D eigenvalue weighted by molar-refractivity contribution is 0.0490. The maximum Gasteiger partial charge on any atom is 0.376 e. The Labute approximate surface area is 108 Å². The number of aryl methyl sites for hydroxylation is 1. The van der Waals surface area contributed by atoms with Crippen LogP contribution in [0.4, 0.5) is 0 Å². The molecule has 0 aliphatic heterocycles. The lowest BCUT2D eigenvalue weighted by Crippen LogP contribution is -2.04. The van der Waals surface area contributed by atoms with Crippen molar-refractivity contribution in [1.29, 1.82) is 0 Å². The number of ether oxygens (including phenoxy) is 2. The highest BCUT2D eigenvalue weighted by Gasteiger charge is 2.21. The molecular weight excluding hydrogens is 254 g/mol. The predicted octanol–water partition coefficient (Wildman–Crippen LogP) is 2.90. The summed E-state index contributed by atoms with van der Waals surface area (Å²) in [5.74, 6) is 0.700. The minimum atomic E-state index is -0.496. The van der Waals surface area contributed by atoms with E-state index < -0.39 is 5.97 Å². The number of rotatable bonds is 4. The van der Waals surface area contributed by atoms with Crippen LogP contribution in [0.2, 0.25) is 0 Å². The van der Waals surface area contributed by atoms with E-state index in [-0.39, 0.29) is 5.76 Å². The minimum absolute atomic E-state index is 0.141. The minimum Gasteiger partial charge on any atom is -0.495 e. The van der Waals surface area contributed by atoms with E-state index in [9.17, 15) is 4.79 Å². The van der Waals surface area contributed by atoms with Crippen LogP contribution in [-0.2, 0) is 4.74 Å². The average molecular weight is 267 g/mol. The van der Waals surface area contributed by atoms with Crippen LogP contribution in [0.25, 0.3) is 10.8 Å². The summed E-state index contributed by atoms with van der Waals surface area (Å²) in [5.41, 5.74) is 0.513. The van der Waals surface area contributed by atoms with Crippen molar-refractivity contribution >= 4 is 17.3 Å². The predicted molar refractivity (Wildman–Crippen MR) is 67.1 cm³/mol. The Morgan fingerprint density at radius 1 is 1.56 bits per heavy atom. The van der Waals surface area contributed by atoms with Gasteiger partial charge in [0.1, 0.15) is 10.6 Å². The highest BCUT2D eigenvalue weighted by atomic mass is 32.1. The number of carbonyl (C=O) groups excluding carboxylic acids is 1. The Morgan fingerprint density at radius 2 is 2.33 bits per heavy atom. The molecule has 2 heterocycles. The SMILES string of the molecule is CCOC(=O)c1oc(-c2sccc2OC)nc1C. The van der Waals surface area contributed by atoms with Crippen molar-refractivity contribution in [3.8, 4) is 16.5 Å². The molecule has 2 aromatic rings. The van der Waals surface area contributed by atoms with E-state index in [1.807, 2.05) is 11.4 Å². The van der Waals surface area contributed by atoms with Crippen LogP contribution >= 0.6 is 11.3 Å². The quantitative estimate of drug-likeness (QED) is 0.797. The molecular formula is C12H13NO4S. The van der Waals surface area contributed by atoms with Gasteiger partial charge in [0, 0.05) is 0 Å². The Balaban J connectivity index is 2.37. The lowest BCUT2D eigenvalue weighted by Gasteiger charge is -1.98. The van der Waals surface area contributed by atoms with E-state index in [0.717, 1.165) is 4.88 Å². The van der Waals surface area contributed by atoms with Crippen molar-refractivity contribution in [2.75, 3.05) is 13.7 Å². The van der Waals surface area contributed by atoms with Crippen LogP contribution in [0.5, 0.6) is 5.75 Å². The number of nitrogens with zero attached hydrogens (tertiary/aromatic N) is 1. The van der Waals surface area contributed by atoms with E-state index in [1.165, 1.54) is 11.3 Å². The maximum atomic E-state index is 11.6. The normalized spacial score (nSPS) is 10.4. The summed E-state index contributed by atoms with van der Waals surface area (Å²) in [6, 6.07) is 1.82. The standard InChI is InChI=1S/C12H13NO4S/c1-4-16-12(14)9-7(2)13-11(17-9)10-8(15-3)5-6-18-10/h5-6H,4H2,1-3H3. The monoisotopic (exact) mass is 267 g/mol. The second-order valence-electron chi connectivity index (χ2n) is 3.47. The molecule has 0 N–H and O–H groups in total. The van der Waals surface area contributed by atoms with Crippen molar-refractivity contribution in [2.24, 2.45) is 0 Å². The molecule has 96 valence electrons. The van der Waals surface area contributed by atoms with Gasteiger partial charge in [-0.2, -0.15) is 0 Å². The molecule has 18 heavy (non-hydrogen) atoms. The van der Waals surface area contributed by atoms with Gasteiger partial charge in [-0.05, 0) is 25.3 Å². The van der Waals surface area contributed by atoms with Gasteiger partial charge < -0.3 is 13.9 Å². The van der Waals surface area contributed by atoms with Gasteiger partial charge in [0.2, 0.25) is 11.7 Å². The largest absolute Gasteiger partial charge is 0.495 e. The molecule has 5 nitrogen and oxygen atoms in total. The van der Waals surface area contributed by atoms with Gasteiger partial charge >= 0.3 is 5.97 Å². The van der Waals surface area contributed by atoms with E-state index in [0.29, 0.717) is 23.9 Å². The average Bonchev–Trinajstić information content (AvgIpc) is 2.94. The Morgan fingerprint density at radius 3 is 3.00 bits per heavy atom. The Bertz CT molecular complexity index is 558. The highest BCUT2D eigenvalue weighted by Crippen LogP contribution is 2.35. The van der Waals surface area contributed by atoms with Gasteiger partial charge in [-0.3, -0.25) is 0 Å².